The van der Waals surface area contributed by atoms with E-state index >= 15 is 0 Å². The number of amides is 2. The lowest BCUT2D eigenvalue weighted by molar-refractivity contribution is -0.124. The van der Waals surface area contributed by atoms with Crippen LogP contribution in [0.25, 0.3) is 0 Å². The molecule has 0 radical (unpaired) electrons. The molecule has 0 aliphatic rings. The van der Waals surface area contributed by atoms with Crippen molar-refractivity contribution in [2.75, 3.05) is 6.26 Å². The second-order valence-electron chi connectivity index (χ2n) is 4.30. The summed E-state index contributed by atoms with van der Waals surface area (Å²) in [6, 6.07) is 7.77. The summed E-state index contributed by atoms with van der Waals surface area (Å²) in [5, 5.41) is 0.885. The van der Waals surface area contributed by atoms with Crippen LogP contribution >= 0.6 is 0 Å². The molecular formula is C12H19N3O4S. The van der Waals surface area contributed by atoms with Gasteiger partial charge in [0.25, 0.3) is 10.1 Å². The fourth-order valence-electron chi connectivity index (χ4n) is 1.77. The van der Waals surface area contributed by atoms with E-state index in [1.165, 1.54) is 0 Å². The Morgan fingerprint density at radius 2 is 2.00 bits per heavy atom. The van der Waals surface area contributed by atoms with Gasteiger partial charge in [0, 0.05) is 0 Å². The van der Waals surface area contributed by atoms with Crippen LogP contribution in [0.3, 0.4) is 0 Å². The number of hydroxylamine groups is 1. The van der Waals surface area contributed by atoms with E-state index < -0.39 is 22.2 Å². The Kier molecular flexibility index (Phi) is 5.93. The highest BCUT2D eigenvalue weighted by atomic mass is 32.2. The van der Waals surface area contributed by atoms with Crippen LogP contribution in [-0.2, 0) is 14.4 Å². The minimum Gasteiger partial charge on any atom is -0.350 e. The van der Waals surface area contributed by atoms with Gasteiger partial charge in [0.05, 0.1) is 12.3 Å². The summed E-state index contributed by atoms with van der Waals surface area (Å²) in [4.78, 5) is 11.0. The highest BCUT2D eigenvalue weighted by Gasteiger charge is 2.25. The van der Waals surface area contributed by atoms with Crippen molar-refractivity contribution in [3.8, 4) is 0 Å². The molecule has 0 aliphatic carbocycles. The first-order valence-corrected chi connectivity index (χ1v) is 7.95. The third-order valence-electron chi connectivity index (χ3n) is 2.47. The van der Waals surface area contributed by atoms with Crippen molar-refractivity contribution in [1.82, 2.24) is 10.6 Å². The van der Waals surface area contributed by atoms with Crippen molar-refractivity contribution in [1.29, 1.82) is 0 Å². The second kappa shape index (κ2) is 7.22. The van der Waals surface area contributed by atoms with Crippen LogP contribution in [0.15, 0.2) is 30.3 Å². The fourth-order valence-corrected chi connectivity index (χ4v) is 2.20. The smallest absolute Gasteiger partial charge is 0.328 e. The quantitative estimate of drug-likeness (QED) is 0.739. The predicted octanol–water partition coefficient (Wildman–Crippen LogP) is 1.30. The first kappa shape index (κ1) is 16.4. The molecule has 3 N–H and O–H groups in total. The number of rotatable bonds is 7. The lowest BCUT2D eigenvalue weighted by atomic mass is 10.0. The highest BCUT2D eigenvalue weighted by molar-refractivity contribution is 7.85. The average Bonchev–Trinajstić information content (AvgIpc) is 2.34. The summed E-state index contributed by atoms with van der Waals surface area (Å²) >= 11 is 0. The maximum atomic E-state index is 11.3. The van der Waals surface area contributed by atoms with Crippen LogP contribution < -0.4 is 11.2 Å². The van der Waals surface area contributed by atoms with Crippen molar-refractivity contribution in [3.05, 3.63) is 35.9 Å². The van der Waals surface area contributed by atoms with Gasteiger partial charge in [-0.15, -0.1) is 0 Å². The Bertz CT molecular complexity index is 533. The molecule has 0 aromatic heterocycles. The van der Waals surface area contributed by atoms with E-state index in [0.29, 0.717) is 6.42 Å². The molecule has 0 aliphatic heterocycles. The van der Waals surface area contributed by atoms with Gasteiger partial charge in [-0.3, -0.25) is 0 Å². The molecule has 1 rings (SSSR count). The third-order valence-corrected chi connectivity index (χ3v) is 2.90. The maximum Gasteiger partial charge on any atom is 0.328 e. The summed E-state index contributed by atoms with van der Waals surface area (Å²) in [6.07, 6.45) is 2.25. The van der Waals surface area contributed by atoms with E-state index in [1.54, 1.807) is 0 Å². The zero-order valence-corrected chi connectivity index (χ0v) is 12.3. The Labute approximate surface area is 118 Å². The van der Waals surface area contributed by atoms with Gasteiger partial charge in [-0.05, 0) is 12.0 Å². The van der Waals surface area contributed by atoms with E-state index in [-0.39, 0.29) is 0 Å². The number of carbonyl (C=O) groups is 1. The van der Waals surface area contributed by atoms with Gasteiger partial charge in [-0.25, -0.2) is 10.2 Å². The molecule has 0 saturated carbocycles. The molecular weight excluding hydrogens is 282 g/mol. The summed E-state index contributed by atoms with van der Waals surface area (Å²) in [5.41, 5.74) is 8.06. The Morgan fingerprint density at radius 3 is 2.45 bits per heavy atom. The van der Waals surface area contributed by atoms with Crippen molar-refractivity contribution < 1.29 is 17.5 Å². The van der Waals surface area contributed by atoms with E-state index in [1.807, 2.05) is 37.3 Å². The average molecular weight is 301 g/mol. The van der Waals surface area contributed by atoms with E-state index in [9.17, 15) is 13.2 Å². The van der Waals surface area contributed by atoms with Gasteiger partial charge >= 0.3 is 6.03 Å². The first-order chi connectivity index (χ1) is 9.33. The fraction of sp³-hybridized carbons (Fsp3) is 0.417. The van der Waals surface area contributed by atoms with Crippen LogP contribution in [0, 0.1) is 0 Å². The van der Waals surface area contributed by atoms with E-state index in [2.05, 4.69) is 5.43 Å². The molecule has 20 heavy (non-hydrogen) atoms. The van der Waals surface area contributed by atoms with Gasteiger partial charge in [0.1, 0.15) is 0 Å². The SMILES string of the molecule is CCCC(c1ccccc1)N(NC(N)=O)OS(C)(=O)=O. The number of nitrogens with zero attached hydrogens (tertiary/aromatic N) is 1. The molecule has 2 amide bonds. The molecule has 0 spiro atoms. The summed E-state index contributed by atoms with van der Waals surface area (Å²) < 4.78 is 27.4. The Balaban J connectivity index is 3.07. The number of primary amides is 1. The molecule has 7 nitrogen and oxygen atoms in total. The molecule has 0 fully saturated rings. The summed E-state index contributed by atoms with van der Waals surface area (Å²) in [6.45, 7) is 1.94. The first-order valence-electron chi connectivity index (χ1n) is 6.13. The van der Waals surface area contributed by atoms with Crippen molar-refractivity contribution in [2.45, 2.75) is 25.8 Å². The lowest BCUT2D eigenvalue weighted by Crippen LogP contribution is -2.47. The van der Waals surface area contributed by atoms with Gasteiger partial charge in [-0.1, -0.05) is 48.8 Å². The number of urea groups is 1. The monoisotopic (exact) mass is 301 g/mol. The van der Waals surface area contributed by atoms with Gasteiger partial charge in [0.2, 0.25) is 0 Å². The minimum atomic E-state index is -3.78. The highest BCUT2D eigenvalue weighted by Crippen LogP contribution is 2.25. The predicted molar refractivity (Wildman–Crippen MR) is 74.6 cm³/mol. The zero-order valence-electron chi connectivity index (χ0n) is 11.4. The molecule has 1 aromatic rings. The standard InChI is InChI=1S/C12H19N3O4S/c1-3-7-11(10-8-5-4-6-9-10)15(14-12(13)16)19-20(2,17)18/h4-6,8-9,11H,3,7H2,1-2H3,(H3,13,14,16). The molecule has 8 heteroatoms. The topological polar surface area (TPSA) is 102 Å². The normalized spacial score (nSPS) is 13.2. The number of nitrogens with one attached hydrogen (secondary N) is 1. The van der Waals surface area contributed by atoms with Crippen molar-refractivity contribution in [3.63, 3.8) is 0 Å². The van der Waals surface area contributed by atoms with Crippen LogP contribution in [0.5, 0.6) is 0 Å². The molecule has 1 unspecified atom stereocenters. The summed E-state index contributed by atoms with van der Waals surface area (Å²) in [5.74, 6) is 0. The molecule has 0 saturated heterocycles. The molecule has 1 atom stereocenters. The zero-order chi connectivity index (χ0) is 15.2. The van der Waals surface area contributed by atoms with Crippen LogP contribution in [0.1, 0.15) is 31.4 Å². The molecule has 1 aromatic carbocycles. The number of hydrazine groups is 1. The Hall–Kier alpha value is -1.64. The van der Waals surface area contributed by atoms with Crippen LogP contribution in [0.2, 0.25) is 0 Å². The van der Waals surface area contributed by atoms with Crippen LogP contribution in [-0.4, -0.2) is 25.9 Å². The van der Waals surface area contributed by atoms with Gasteiger partial charge in [-0.2, -0.15) is 12.7 Å². The number of carbonyl (C=O) groups excluding carboxylic acids is 1. The molecule has 112 valence electrons. The number of hydrogen-bond acceptors (Lipinski definition) is 5. The largest absolute Gasteiger partial charge is 0.350 e. The lowest BCUT2D eigenvalue weighted by Gasteiger charge is -2.28. The van der Waals surface area contributed by atoms with Crippen molar-refractivity contribution >= 4 is 16.1 Å². The van der Waals surface area contributed by atoms with Gasteiger partial charge in [0.15, 0.2) is 0 Å². The van der Waals surface area contributed by atoms with E-state index in [4.69, 9.17) is 10.0 Å². The van der Waals surface area contributed by atoms with Crippen molar-refractivity contribution in [2.24, 2.45) is 5.73 Å². The van der Waals surface area contributed by atoms with Crippen LogP contribution in [0.4, 0.5) is 4.79 Å². The van der Waals surface area contributed by atoms with Gasteiger partial charge < -0.3 is 5.73 Å². The number of nitrogens with two attached hydrogens (primary N) is 1. The summed E-state index contributed by atoms with van der Waals surface area (Å²) in [7, 11) is -3.78. The maximum absolute atomic E-state index is 11.3. The minimum absolute atomic E-state index is 0.455. The van der Waals surface area contributed by atoms with E-state index in [0.717, 1.165) is 23.4 Å². The number of hydrogen-bond donors (Lipinski definition) is 2. The Morgan fingerprint density at radius 1 is 1.40 bits per heavy atom. The molecule has 0 bridgehead atoms. The number of benzene rings is 1. The molecule has 0 heterocycles. The third kappa shape index (κ3) is 5.55. The second-order valence-corrected chi connectivity index (χ2v) is 5.85.